The van der Waals surface area contributed by atoms with Gasteiger partial charge in [0.15, 0.2) is 23.8 Å². The summed E-state index contributed by atoms with van der Waals surface area (Å²) in [5.74, 6) is 0.469. The number of aromatic nitrogens is 4. The molecule has 2 aromatic heterocycles. The number of alkyl carbamates (subject to hydrolysis) is 1. The number of aliphatic hydroxyl groups is 1. The van der Waals surface area contributed by atoms with Crippen LogP contribution in [0, 0.1) is 0 Å². The van der Waals surface area contributed by atoms with Crippen LogP contribution in [0.1, 0.15) is 49.3 Å². The zero-order chi connectivity index (χ0) is 44.7. The molecule has 1 fully saturated rings. The number of carbonyl (C=O) groups is 2. The first-order valence-corrected chi connectivity index (χ1v) is 19.9. The molecule has 5 atom stereocenters. The first kappa shape index (κ1) is 43.8. The lowest BCUT2D eigenvalue weighted by Gasteiger charge is -2.37. The Bertz CT molecular complexity index is 2510. The van der Waals surface area contributed by atoms with Crippen LogP contribution in [0.4, 0.5) is 16.3 Å². The molecule has 6 aromatic rings. The van der Waals surface area contributed by atoms with Crippen molar-refractivity contribution in [3.05, 3.63) is 148 Å². The van der Waals surface area contributed by atoms with Gasteiger partial charge in [-0.25, -0.2) is 24.5 Å². The number of nitrogens with zero attached hydrogens (tertiary/aromatic N) is 7. The van der Waals surface area contributed by atoms with Crippen molar-refractivity contribution in [3.8, 4) is 11.5 Å². The molecule has 0 radical (unpaired) electrons. The summed E-state index contributed by atoms with van der Waals surface area (Å²) in [6, 6.07) is 29.7. The van der Waals surface area contributed by atoms with E-state index < -0.39 is 53.8 Å². The zero-order valence-corrected chi connectivity index (χ0v) is 35.2. The van der Waals surface area contributed by atoms with Crippen LogP contribution in [0.2, 0.25) is 0 Å². The molecule has 63 heavy (non-hydrogen) atoms. The molecular formula is C45H47N9O9. The summed E-state index contributed by atoms with van der Waals surface area (Å²) < 4.78 is 37.9. The molecule has 0 bridgehead atoms. The number of nitrogen functional groups attached to an aromatic ring is 1. The predicted molar refractivity (Wildman–Crippen MR) is 230 cm³/mol. The molecule has 1 aliphatic heterocycles. The van der Waals surface area contributed by atoms with E-state index in [0.717, 1.165) is 16.7 Å². The number of hydrogen-bond acceptors (Lipinski definition) is 14. The lowest BCUT2D eigenvalue weighted by molar-refractivity contribution is -0.161. The van der Waals surface area contributed by atoms with Gasteiger partial charge in [0.2, 0.25) is 0 Å². The Morgan fingerprint density at radius 2 is 1.52 bits per heavy atom. The number of nitrogens with two attached hydrogens (primary N) is 1. The number of anilines is 1. The molecule has 1 saturated heterocycles. The van der Waals surface area contributed by atoms with Gasteiger partial charge in [-0.15, -0.1) is 0 Å². The van der Waals surface area contributed by atoms with Crippen molar-refractivity contribution in [2.45, 2.75) is 69.0 Å². The molecule has 0 saturated carbocycles. The minimum atomic E-state index is -1.51. The Labute approximate surface area is 362 Å². The van der Waals surface area contributed by atoms with Crippen molar-refractivity contribution >= 4 is 34.7 Å². The van der Waals surface area contributed by atoms with E-state index in [-0.39, 0.29) is 30.0 Å². The average molecular weight is 858 g/mol. The molecule has 4 aromatic carbocycles. The smallest absolute Gasteiger partial charge is 0.408 e. The number of esters is 1. The third-order valence-corrected chi connectivity index (χ3v) is 10.4. The number of fused-ring (bicyclic) bond motifs is 1. The Morgan fingerprint density at radius 3 is 2.11 bits per heavy atom. The summed E-state index contributed by atoms with van der Waals surface area (Å²) in [6.07, 6.45) is -3.55. The van der Waals surface area contributed by atoms with Crippen molar-refractivity contribution in [2.75, 3.05) is 26.6 Å². The Hall–Kier alpha value is -7.24. The van der Waals surface area contributed by atoms with E-state index >= 15 is 0 Å². The van der Waals surface area contributed by atoms with Gasteiger partial charge in [-0.3, -0.25) is 4.57 Å². The van der Waals surface area contributed by atoms with Crippen LogP contribution in [-0.2, 0) is 35.8 Å². The maximum atomic E-state index is 14.4. The Morgan fingerprint density at radius 1 is 0.905 bits per heavy atom. The van der Waals surface area contributed by atoms with Crippen LogP contribution in [0.15, 0.2) is 121 Å². The van der Waals surface area contributed by atoms with E-state index in [1.165, 1.54) is 17.2 Å². The van der Waals surface area contributed by atoms with Crippen LogP contribution in [0.3, 0.4) is 0 Å². The molecule has 18 nitrogen and oxygen atoms in total. The fraction of sp³-hybridized carbons (Fsp3) is 0.311. The van der Waals surface area contributed by atoms with E-state index in [1.807, 2.05) is 78.9 Å². The second kappa shape index (κ2) is 18.8. The van der Waals surface area contributed by atoms with Crippen molar-refractivity contribution in [3.63, 3.8) is 0 Å². The largest absolute Gasteiger partial charge is 0.497 e. The maximum Gasteiger partial charge on any atom is 0.408 e. The number of hydrogen-bond donors (Lipinski definition) is 3. The molecule has 7 rings (SSSR count). The van der Waals surface area contributed by atoms with Crippen LogP contribution in [0.25, 0.3) is 21.6 Å². The standard InChI is InChI=1S/C45H47N9O9/c1-44(2,3)63-43(57)51-34(23-27-11-17-31(18-12-27)52-53-47)42(56)62-38-37(55)35(61-41(38)54-26-50-36-39(46)48-25-49-40(36)54)24-60-45(28-9-7-6-8-10-28,29-13-19-32(58-4)20-14-29)30-15-21-33(59-5)22-16-30/h6-22,25-26,34-35,37-38,41,55H,23-24H2,1-5H3,(H,51,57)(H2,46,48,49)/t34?,35-,37-,38+,41-/m0/s1. The van der Waals surface area contributed by atoms with Gasteiger partial charge in [0.05, 0.1) is 27.2 Å². The molecule has 326 valence electrons. The molecule has 0 aliphatic carbocycles. The van der Waals surface area contributed by atoms with Gasteiger partial charge in [0.1, 0.15) is 52.8 Å². The van der Waals surface area contributed by atoms with Gasteiger partial charge < -0.3 is 44.6 Å². The number of rotatable bonds is 15. The summed E-state index contributed by atoms with van der Waals surface area (Å²) in [5.41, 5.74) is 16.6. The van der Waals surface area contributed by atoms with Crippen LogP contribution < -0.4 is 20.5 Å². The van der Waals surface area contributed by atoms with E-state index in [9.17, 15) is 14.7 Å². The maximum absolute atomic E-state index is 14.4. The molecule has 4 N–H and O–H groups in total. The van der Waals surface area contributed by atoms with Gasteiger partial charge in [-0.05, 0) is 72.8 Å². The lowest BCUT2D eigenvalue weighted by Crippen LogP contribution is -2.48. The topological polar surface area (TPSA) is 240 Å². The summed E-state index contributed by atoms with van der Waals surface area (Å²) in [6.45, 7) is 4.83. The SMILES string of the molecule is COc1ccc(C(OC[C@@H]2O[C@H](n3cnc4c(N)ncnc43)[C@H](OC(=O)C(Cc3ccc(N=[N+]=[N-])cc3)NC(=O)OC(C)(C)C)[C@H]2O)(c2ccccc2)c2ccc(OC)cc2)cc1. The number of carbonyl (C=O) groups excluding carboxylic acids is 2. The highest BCUT2D eigenvalue weighted by atomic mass is 16.6. The van der Waals surface area contributed by atoms with Crippen molar-refractivity contribution < 1.29 is 43.1 Å². The predicted octanol–water partition coefficient (Wildman–Crippen LogP) is 6.68. The molecule has 18 heteroatoms. The fourth-order valence-corrected chi connectivity index (χ4v) is 7.39. The number of nitrogens with one attached hydrogen (secondary N) is 1. The average Bonchev–Trinajstić information content (AvgIpc) is 3.85. The summed E-state index contributed by atoms with van der Waals surface area (Å²) >= 11 is 0. The quantitative estimate of drug-likeness (QED) is 0.0321. The molecular weight excluding hydrogens is 811 g/mol. The normalized spacial score (nSPS) is 17.9. The Balaban J connectivity index is 1.26. The summed E-state index contributed by atoms with van der Waals surface area (Å²) in [5, 5.41) is 18.5. The summed E-state index contributed by atoms with van der Waals surface area (Å²) in [4.78, 5) is 43.2. The molecule has 1 unspecified atom stereocenters. The fourth-order valence-electron chi connectivity index (χ4n) is 7.39. The zero-order valence-electron chi connectivity index (χ0n) is 35.2. The number of aliphatic hydroxyl groups excluding tert-OH is 1. The van der Waals surface area contributed by atoms with Crippen molar-refractivity contribution in [2.24, 2.45) is 5.11 Å². The third-order valence-electron chi connectivity index (χ3n) is 10.4. The third kappa shape index (κ3) is 9.64. The second-order valence-electron chi connectivity index (χ2n) is 15.6. The van der Waals surface area contributed by atoms with Crippen molar-refractivity contribution in [1.82, 2.24) is 24.8 Å². The number of benzene rings is 4. The lowest BCUT2D eigenvalue weighted by atomic mass is 9.80. The highest BCUT2D eigenvalue weighted by Crippen LogP contribution is 2.43. The molecule has 3 heterocycles. The number of amides is 1. The minimum absolute atomic E-state index is 0.0589. The second-order valence-corrected chi connectivity index (χ2v) is 15.6. The van der Waals surface area contributed by atoms with E-state index in [1.54, 1.807) is 59.3 Å². The van der Waals surface area contributed by atoms with Crippen LogP contribution >= 0.6 is 0 Å². The first-order chi connectivity index (χ1) is 30.3. The van der Waals surface area contributed by atoms with Crippen LogP contribution in [-0.4, -0.2) is 87.5 Å². The van der Waals surface area contributed by atoms with E-state index in [2.05, 4.69) is 30.3 Å². The number of azide groups is 1. The Kier molecular flexibility index (Phi) is 13.1. The van der Waals surface area contributed by atoms with Gasteiger partial charge in [-0.2, -0.15) is 0 Å². The number of methoxy groups -OCH3 is 2. The summed E-state index contributed by atoms with van der Waals surface area (Å²) in [7, 11) is 3.17. The first-order valence-electron chi connectivity index (χ1n) is 19.9. The number of imidazole rings is 1. The minimum Gasteiger partial charge on any atom is -0.497 e. The molecule has 1 amide bonds. The van der Waals surface area contributed by atoms with E-state index in [4.69, 9.17) is 39.7 Å². The highest BCUT2D eigenvalue weighted by Gasteiger charge is 2.50. The monoisotopic (exact) mass is 857 g/mol. The van der Waals surface area contributed by atoms with E-state index in [0.29, 0.717) is 22.7 Å². The van der Waals surface area contributed by atoms with Gasteiger partial charge in [-0.1, -0.05) is 84.0 Å². The number of ether oxygens (including phenoxy) is 6. The van der Waals surface area contributed by atoms with Gasteiger partial charge >= 0.3 is 12.1 Å². The van der Waals surface area contributed by atoms with Gasteiger partial charge in [0, 0.05) is 17.0 Å². The highest BCUT2D eigenvalue weighted by molar-refractivity contribution is 5.82. The van der Waals surface area contributed by atoms with Gasteiger partial charge in [0.25, 0.3) is 0 Å². The van der Waals surface area contributed by atoms with Crippen molar-refractivity contribution in [1.29, 1.82) is 0 Å². The molecule has 0 spiro atoms. The van der Waals surface area contributed by atoms with Crippen LogP contribution in [0.5, 0.6) is 11.5 Å². The molecule has 1 aliphatic rings.